The van der Waals surface area contributed by atoms with Gasteiger partial charge in [0, 0.05) is 19.6 Å². The van der Waals surface area contributed by atoms with Crippen LogP contribution < -0.4 is 16.0 Å². The number of nitrogens with zero attached hydrogens (tertiary/aromatic N) is 1. The van der Waals surface area contributed by atoms with E-state index >= 15 is 0 Å². The highest BCUT2D eigenvalue weighted by atomic mass is 32.2. The Morgan fingerprint density at radius 2 is 1.96 bits per heavy atom. The van der Waals surface area contributed by atoms with Gasteiger partial charge in [0.1, 0.15) is 0 Å². The van der Waals surface area contributed by atoms with Crippen LogP contribution in [-0.4, -0.2) is 64.6 Å². The van der Waals surface area contributed by atoms with Crippen molar-refractivity contribution in [2.75, 3.05) is 56.6 Å². The fraction of sp³-hybridized carbons (Fsp3) is 0.611. The number of morpholine rings is 1. The molecule has 1 aromatic rings. The van der Waals surface area contributed by atoms with Crippen LogP contribution in [0.2, 0.25) is 0 Å². The lowest BCUT2D eigenvalue weighted by molar-refractivity contribution is -0.115. The Morgan fingerprint density at radius 1 is 1.22 bits per heavy atom. The Bertz CT molecular complexity index is 759. The Hall–Kier alpha value is -1.68. The maximum absolute atomic E-state index is 12.9. The quantitative estimate of drug-likeness (QED) is 0.578. The second-order valence-electron chi connectivity index (χ2n) is 6.88. The molecule has 3 rings (SSSR count). The lowest BCUT2D eigenvalue weighted by Crippen LogP contribution is -2.40. The standard InChI is InChI=1S/C18H28N4O4S/c1-2-20-16-6-5-15(27(24,25)22-7-9-26-10-8-22)11-17(16)21-18(23)13-19-12-14-3-4-14/h5-6,11,14,19-20H,2-4,7-10,12-13H2,1H3,(H,21,23). The number of rotatable bonds is 9. The Morgan fingerprint density at radius 3 is 2.63 bits per heavy atom. The van der Waals surface area contributed by atoms with E-state index in [1.165, 1.54) is 23.2 Å². The third-order valence-corrected chi connectivity index (χ3v) is 6.55. The minimum Gasteiger partial charge on any atom is -0.384 e. The van der Waals surface area contributed by atoms with Crippen molar-refractivity contribution in [1.82, 2.24) is 9.62 Å². The fourth-order valence-corrected chi connectivity index (χ4v) is 4.41. The Kier molecular flexibility index (Phi) is 6.69. The molecule has 150 valence electrons. The molecule has 0 spiro atoms. The summed E-state index contributed by atoms with van der Waals surface area (Å²) in [5.41, 5.74) is 1.18. The highest BCUT2D eigenvalue weighted by Gasteiger charge is 2.27. The number of nitrogens with one attached hydrogen (secondary N) is 3. The van der Waals surface area contributed by atoms with Crippen molar-refractivity contribution < 1.29 is 17.9 Å². The van der Waals surface area contributed by atoms with Gasteiger partial charge < -0.3 is 20.7 Å². The maximum Gasteiger partial charge on any atom is 0.243 e. The Labute approximate surface area is 160 Å². The lowest BCUT2D eigenvalue weighted by Gasteiger charge is -2.26. The second-order valence-corrected chi connectivity index (χ2v) is 8.81. The largest absolute Gasteiger partial charge is 0.384 e. The first-order valence-corrected chi connectivity index (χ1v) is 10.9. The van der Waals surface area contributed by atoms with Crippen LogP contribution in [0.1, 0.15) is 19.8 Å². The summed E-state index contributed by atoms with van der Waals surface area (Å²) in [6, 6.07) is 4.80. The van der Waals surface area contributed by atoms with Gasteiger partial charge in [0.25, 0.3) is 0 Å². The maximum atomic E-state index is 12.9. The third kappa shape index (κ3) is 5.41. The van der Waals surface area contributed by atoms with E-state index in [1.807, 2.05) is 6.92 Å². The topological polar surface area (TPSA) is 99.8 Å². The zero-order valence-electron chi connectivity index (χ0n) is 15.7. The summed E-state index contributed by atoms with van der Waals surface area (Å²) in [7, 11) is -3.61. The van der Waals surface area contributed by atoms with Crippen molar-refractivity contribution in [3.8, 4) is 0 Å². The number of amides is 1. The van der Waals surface area contributed by atoms with Gasteiger partial charge in [-0.05, 0) is 50.4 Å². The van der Waals surface area contributed by atoms with Crippen LogP contribution >= 0.6 is 0 Å². The molecule has 1 aliphatic heterocycles. The second kappa shape index (κ2) is 9.01. The summed E-state index contributed by atoms with van der Waals surface area (Å²) >= 11 is 0. The molecule has 27 heavy (non-hydrogen) atoms. The van der Waals surface area contributed by atoms with E-state index in [2.05, 4.69) is 16.0 Å². The first-order chi connectivity index (χ1) is 13.0. The van der Waals surface area contributed by atoms with Crippen molar-refractivity contribution in [3.63, 3.8) is 0 Å². The van der Waals surface area contributed by atoms with Crippen LogP contribution in [0, 0.1) is 5.92 Å². The first kappa shape index (κ1) is 20.1. The van der Waals surface area contributed by atoms with Crippen LogP contribution in [0.4, 0.5) is 11.4 Å². The van der Waals surface area contributed by atoms with Crippen molar-refractivity contribution in [1.29, 1.82) is 0 Å². The molecule has 2 aliphatic rings. The van der Waals surface area contributed by atoms with Gasteiger partial charge >= 0.3 is 0 Å². The average Bonchev–Trinajstić information content (AvgIpc) is 3.48. The molecule has 0 unspecified atom stereocenters. The summed E-state index contributed by atoms with van der Waals surface area (Å²) in [5, 5.41) is 9.14. The molecule has 1 heterocycles. The highest BCUT2D eigenvalue weighted by Crippen LogP contribution is 2.28. The van der Waals surface area contributed by atoms with E-state index in [9.17, 15) is 13.2 Å². The first-order valence-electron chi connectivity index (χ1n) is 9.47. The van der Waals surface area contributed by atoms with Gasteiger partial charge in [-0.25, -0.2) is 8.42 Å². The summed E-state index contributed by atoms with van der Waals surface area (Å²) in [5.74, 6) is 0.507. The van der Waals surface area contributed by atoms with Gasteiger partial charge in [-0.2, -0.15) is 4.31 Å². The molecule has 8 nitrogen and oxygen atoms in total. The number of anilines is 2. The van der Waals surface area contributed by atoms with E-state index in [0.29, 0.717) is 50.1 Å². The molecule has 1 aromatic carbocycles. The number of benzene rings is 1. The molecule has 2 fully saturated rings. The van der Waals surface area contributed by atoms with Crippen LogP contribution in [0.25, 0.3) is 0 Å². The molecule has 3 N–H and O–H groups in total. The minimum atomic E-state index is -3.61. The lowest BCUT2D eigenvalue weighted by atomic mass is 10.2. The average molecular weight is 397 g/mol. The fourth-order valence-electron chi connectivity index (χ4n) is 2.97. The molecule has 9 heteroatoms. The number of carbonyl (C=O) groups is 1. The zero-order valence-corrected chi connectivity index (χ0v) is 16.5. The molecule has 0 aromatic heterocycles. The predicted octanol–water partition coefficient (Wildman–Crippen LogP) is 1.08. The monoisotopic (exact) mass is 396 g/mol. The van der Waals surface area contributed by atoms with Crippen LogP contribution in [0.5, 0.6) is 0 Å². The van der Waals surface area contributed by atoms with E-state index in [0.717, 1.165) is 6.54 Å². The van der Waals surface area contributed by atoms with Gasteiger partial charge in [-0.1, -0.05) is 0 Å². The molecule has 0 bridgehead atoms. The summed E-state index contributed by atoms with van der Waals surface area (Å²) in [6.45, 7) is 5.13. The molecule has 1 aliphatic carbocycles. The van der Waals surface area contributed by atoms with Crippen molar-refractivity contribution in [3.05, 3.63) is 18.2 Å². The SMILES string of the molecule is CCNc1ccc(S(=O)(=O)N2CCOCC2)cc1NC(=O)CNCC1CC1. The van der Waals surface area contributed by atoms with Crippen molar-refractivity contribution >= 4 is 27.3 Å². The van der Waals surface area contributed by atoms with Gasteiger partial charge in [-0.15, -0.1) is 0 Å². The predicted molar refractivity (Wildman–Crippen MR) is 104 cm³/mol. The highest BCUT2D eigenvalue weighted by molar-refractivity contribution is 7.89. The molecular formula is C18H28N4O4S. The smallest absolute Gasteiger partial charge is 0.243 e. The number of ether oxygens (including phenoxy) is 1. The van der Waals surface area contributed by atoms with Crippen molar-refractivity contribution in [2.24, 2.45) is 5.92 Å². The molecule has 1 saturated carbocycles. The summed E-state index contributed by atoms with van der Waals surface area (Å²) < 4.78 is 32.4. The molecular weight excluding hydrogens is 368 g/mol. The summed E-state index contributed by atoms with van der Waals surface area (Å²) in [4.78, 5) is 12.4. The zero-order chi connectivity index (χ0) is 19.3. The number of carbonyl (C=O) groups excluding carboxylic acids is 1. The normalized spacial score (nSPS) is 18.3. The molecule has 1 amide bonds. The van der Waals surface area contributed by atoms with E-state index in [1.54, 1.807) is 12.1 Å². The minimum absolute atomic E-state index is 0.173. The number of hydrogen-bond acceptors (Lipinski definition) is 6. The van der Waals surface area contributed by atoms with Crippen LogP contribution in [-0.2, 0) is 19.6 Å². The van der Waals surface area contributed by atoms with Gasteiger partial charge in [0.2, 0.25) is 15.9 Å². The number of hydrogen-bond donors (Lipinski definition) is 3. The Balaban J connectivity index is 1.73. The van der Waals surface area contributed by atoms with Crippen molar-refractivity contribution in [2.45, 2.75) is 24.7 Å². The third-order valence-electron chi connectivity index (χ3n) is 4.66. The molecule has 1 saturated heterocycles. The number of sulfonamides is 1. The van der Waals surface area contributed by atoms with E-state index < -0.39 is 10.0 Å². The van der Waals surface area contributed by atoms with Crippen LogP contribution in [0.3, 0.4) is 0 Å². The summed E-state index contributed by atoms with van der Waals surface area (Å²) in [6.07, 6.45) is 2.45. The van der Waals surface area contributed by atoms with E-state index in [-0.39, 0.29) is 17.3 Å². The van der Waals surface area contributed by atoms with Gasteiger partial charge in [-0.3, -0.25) is 4.79 Å². The van der Waals surface area contributed by atoms with E-state index in [4.69, 9.17) is 4.74 Å². The van der Waals surface area contributed by atoms with Crippen LogP contribution in [0.15, 0.2) is 23.1 Å². The van der Waals surface area contributed by atoms with Gasteiger partial charge in [0.05, 0.1) is 36.0 Å². The molecule has 0 atom stereocenters. The molecule has 0 radical (unpaired) electrons. The van der Waals surface area contributed by atoms with Gasteiger partial charge in [0.15, 0.2) is 0 Å².